The zero-order chi connectivity index (χ0) is 80.8. The van der Waals surface area contributed by atoms with Crippen LogP contribution in [-0.4, -0.2) is 122 Å². The van der Waals surface area contributed by atoms with Crippen molar-refractivity contribution < 1.29 is 90.5 Å². The Bertz CT molecular complexity index is 2300. The Balaban J connectivity index is 3.17. The fraction of sp³-hybridized carbons (Fsp3) is 0.913. The Hall–Kier alpha value is -4.36. The third-order valence-corrected chi connectivity index (χ3v) is 21.8. The molecule has 0 amide bonds. The second-order valence-electron chi connectivity index (χ2n) is 32.3. The predicted molar refractivity (Wildman–Crippen MR) is 440 cm³/mol. The van der Waals surface area contributed by atoms with Gasteiger partial charge in [0.15, 0.2) is 30.7 Å². The van der Waals surface area contributed by atoms with Crippen molar-refractivity contribution in [2.45, 2.75) is 528 Å². The van der Waals surface area contributed by atoms with E-state index in [1.807, 2.05) is 0 Å². The summed E-state index contributed by atoms with van der Waals surface area (Å²) in [5, 5.41) is 0. The molecule has 0 bridgehead atoms. The van der Waals surface area contributed by atoms with Crippen LogP contribution in [0.5, 0.6) is 0 Å². The number of hydrogen-bond donors (Lipinski definition) is 0. The maximum Gasteiger partial charge on any atom is 0.308 e. The van der Waals surface area contributed by atoms with Crippen molar-refractivity contribution in [1.82, 2.24) is 0 Å². The SMILES string of the molecule is CCCCCCCCCC(=O)OC[C@H]1O[C@@H](O[C@H]2[C@H](OC(=O)CCCCCCCCC)[C@@H](OC(=O)CCCCCCCCC)C(OC(=O)CCCCCCCCC)O[C@@H]2COC(=O)CCCCCCCCC)[C@H](OC(=O)CCCCCCCCC)[C@@H](OC(=O)CCCCCCCCC)[C@@H]1OC(=O)CCCCCCCCC. The monoisotopic (exact) mass is 1580 g/mol. The molecule has 1 unspecified atom stereocenters. The maximum absolute atomic E-state index is 14.9. The summed E-state index contributed by atoms with van der Waals surface area (Å²) >= 11 is 0. The van der Waals surface area contributed by atoms with E-state index >= 15 is 0 Å². The van der Waals surface area contributed by atoms with Crippen LogP contribution in [0, 0.1) is 0 Å². The molecule has 0 saturated carbocycles. The number of hydrogen-bond acceptors (Lipinski definition) is 19. The van der Waals surface area contributed by atoms with Gasteiger partial charge in [-0.2, -0.15) is 0 Å². The van der Waals surface area contributed by atoms with Crippen LogP contribution in [0.25, 0.3) is 0 Å². The minimum Gasteiger partial charge on any atom is -0.463 e. The van der Waals surface area contributed by atoms with E-state index in [1.165, 1.54) is 0 Å². The molecule has 19 nitrogen and oxygen atoms in total. The molecule has 648 valence electrons. The van der Waals surface area contributed by atoms with Gasteiger partial charge in [0.2, 0.25) is 12.4 Å². The highest BCUT2D eigenvalue weighted by molar-refractivity contribution is 5.73. The molecule has 0 spiro atoms. The van der Waals surface area contributed by atoms with Gasteiger partial charge in [-0.1, -0.05) is 364 Å². The predicted octanol–water partition coefficient (Wildman–Crippen LogP) is 24.1. The smallest absolute Gasteiger partial charge is 0.308 e. The van der Waals surface area contributed by atoms with Crippen LogP contribution in [0.4, 0.5) is 0 Å². The molecule has 111 heavy (non-hydrogen) atoms. The Morgan fingerprint density at radius 1 is 0.189 bits per heavy atom. The second-order valence-corrected chi connectivity index (χ2v) is 32.3. The van der Waals surface area contributed by atoms with E-state index in [1.54, 1.807) is 0 Å². The first-order valence-corrected chi connectivity index (χ1v) is 46.6. The highest BCUT2D eigenvalue weighted by Gasteiger charge is 2.59. The van der Waals surface area contributed by atoms with Gasteiger partial charge in [-0.15, -0.1) is 0 Å². The van der Waals surface area contributed by atoms with Crippen molar-refractivity contribution in [1.29, 1.82) is 0 Å². The van der Waals surface area contributed by atoms with Gasteiger partial charge in [0.05, 0.1) is 0 Å². The van der Waals surface area contributed by atoms with E-state index in [2.05, 4.69) is 55.4 Å². The first-order valence-electron chi connectivity index (χ1n) is 46.6. The molecule has 2 aliphatic heterocycles. The van der Waals surface area contributed by atoms with Crippen molar-refractivity contribution in [3.05, 3.63) is 0 Å². The van der Waals surface area contributed by atoms with Gasteiger partial charge in [0, 0.05) is 51.4 Å². The Labute approximate surface area is 675 Å². The highest BCUT2D eigenvalue weighted by atomic mass is 16.8. The van der Waals surface area contributed by atoms with E-state index in [9.17, 15) is 38.4 Å². The van der Waals surface area contributed by atoms with Crippen molar-refractivity contribution in [3.63, 3.8) is 0 Å². The fourth-order valence-electron chi connectivity index (χ4n) is 14.8. The van der Waals surface area contributed by atoms with Crippen LogP contribution < -0.4 is 0 Å². The molecule has 19 heteroatoms. The minimum atomic E-state index is -1.85. The Morgan fingerprint density at radius 2 is 0.369 bits per heavy atom. The van der Waals surface area contributed by atoms with Crippen LogP contribution >= 0.6 is 0 Å². The van der Waals surface area contributed by atoms with Crippen molar-refractivity contribution >= 4 is 47.8 Å². The summed E-state index contributed by atoms with van der Waals surface area (Å²) in [5.74, 6) is -5.06. The van der Waals surface area contributed by atoms with E-state index < -0.39 is 122 Å². The van der Waals surface area contributed by atoms with Crippen LogP contribution in [0.15, 0.2) is 0 Å². The molecule has 0 aliphatic carbocycles. The molecule has 2 heterocycles. The van der Waals surface area contributed by atoms with E-state index in [0.717, 1.165) is 308 Å². The second kappa shape index (κ2) is 72.1. The number of rotatable bonds is 76. The summed E-state index contributed by atoms with van der Waals surface area (Å²) in [6, 6.07) is 0. The topological polar surface area (TPSA) is 238 Å². The molecule has 2 aliphatic rings. The molecular weight excluding hydrogens is 1410 g/mol. The molecule has 0 aromatic rings. The molecule has 0 radical (unpaired) electrons. The van der Waals surface area contributed by atoms with Crippen molar-refractivity contribution in [3.8, 4) is 0 Å². The average molecular weight is 1580 g/mol. The normalized spacial score (nSPS) is 19.6. The van der Waals surface area contributed by atoms with Crippen LogP contribution in [-0.2, 0) is 90.5 Å². The van der Waals surface area contributed by atoms with Crippen molar-refractivity contribution in [2.75, 3.05) is 13.2 Å². The fourth-order valence-corrected chi connectivity index (χ4v) is 14.8. The lowest BCUT2D eigenvalue weighted by molar-refractivity contribution is -0.358. The van der Waals surface area contributed by atoms with Crippen LogP contribution in [0.1, 0.15) is 466 Å². The Morgan fingerprint density at radius 3 is 0.631 bits per heavy atom. The maximum atomic E-state index is 14.9. The van der Waals surface area contributed by atoms with Crippen LogP contribution in [0.3, 0.4) is 0 Å². The molecule has 0 aromatic carbocycles. The van der Waals surface area contributed by atoms with Gasteiger partial charge in [-0.05, 0) is 51.4 Å². The summed E-state index contributed by atoms with van der Waals surface area (Å²) in [6.45, 7) is 16.2. The lowest BCUT2D eigenvalue weighted by Crippen LogP contribution is -2.67. The van der Waals surface area contributed by atoms with Gasteiger partial charge >= 0.3 is 47.8 Å². The Kier molecular flexibility index (Phi) is 66.7. The molecule has 0 aromatic heterocycles. The lowest BCUT2D eigenvalue weighted by atomic mass is 9.95. The standard InChI is InChI=1S/C92H166O19/c1-9-17-25-33-41-49-57-65-77(93)101-73-75-85(105-79(95)67-59-51-43-35-27-19-11-3)87(106-80(96)68-60-52-44-36-28-20-12-4)90(109-83(99)71-63-55-47-39-31-23-15-7)92(104-75)111-86-76(74-102-78(94)66-58-50-42-34-26-18-10-2)103-91(110-84(100)72-64-56-48-40-32-24-16-8)89(108-82(98)70-62-54-46-38-30-22-14-6)88(86)107-81(97)69-61-53-45-37-29-21-13-5/h75-76,85-92H,9-74H2,1-8H3/t75-,76-,85-,86-,87+,88+,89-,90-,91?,92+/m1/s1. The largest absolute Gasteiger partial charge is 0.463 e. The number of carbonyl (C=O) groups excluding carboxylic acids is 8. The number of unbranched alkanes of at least 4 members (excludes halogenated alkanes) is 48. The van der Waals surface area contributed by atoms with E-state index in [0.29, 0.717) is 51.4 Å². The first-order chi connectivity index (χ1) is 54.2. The zero-order valence-corrected chi connectivity index (χ0v) is 72.2. The molecular formula is C92H166O19. The number of carbonyl (C=O) groups is 8. The van der Waals surface area contributed by atoms with Gasteiger partial charge in [-0.3, -0.25) is 38.4 Å². The molecule has 0 N–H and O–H groups in total. The first kappa shape index (κ1) is 103. The minimum absolute atomic E-state index is 0.00372. The summed E-state index contributed by atoms with van der Waals surface area (Å²) in [4.78, 5) is 117. The summed E-state index contributed by atoms with van der Waals surface area (Å²) in [5.41, 5.74) is 0. The lowest BCUT2D eigenvalue weighted by Gasteiger charge is -2.48. The number of esters is 8. The molecule has 2 saturated heterocycles. The van der Waals surface area contributed by atoms with Gasteiger partial charge in [-0.25, -0.2) is 0 Å². The third-order valence-electron chi connectivity index (χ3n) is 21.8. The summed E-state index contributed by atoms with van der Waals surface area (Å²) < 4.78 is 72.8. The summed E-state index contributed by atoms with van der Waals surface area (Å²) in [7, 11) is 0. The molecule has 10 atom stereocenters. The average Bonchev–Trinajstić information content (AvgIpc) is 0.766. The van der Waals surface area contributed by atoms with E-state index in [-0.39, 0.29) is 51.4 Å². The quantitative estimate of drug-likeness (QED) is 0.0312. The van der Waals surface area contributed by atoms with Gasteiger partial charge in [0.25, 0.3) is 0 Å². The zero-order valence-electron chi connectivity index (χ0n) is 72.2. The van der Waals surface area contributed by atoms with Crippen LogP contribution in [0.2, 0.25) is 0 Å². The number of ether oxygens (including phenoxy) is 11. The summed E-state index contributed by atoms with van der Waals surface area (Å²) in [6.07, 6.45) is 35.7. The molecule has 2 fully saturated rings. The molecule has 2 rings (SSSR count). The van der Waals surface area contributed by atoms with E-state index in [4.69, 9.17) is 52.1 Å². The van der Waals surface area contributed by atoms with Crippen molar-refractivity contribution in [2.24, 2.45) is 0 Å². The highest BCUT2D eigenvalue weighted by Crippen LogP contribution is 2.38. The van der Waals surface area contributed by atoms with Gasteiger partial charge in [0.1, 0.15) is 31.5 Å². The third kappa shape index (κ3) is 53.5. The van der Waals surface area contributed by atoms with Gasteiger partial charge < -0.3 is 52.1 Å².